The molecule has 0 unspecified atom stereocenters. The monoisotopic (exact) mass is 337 g/mol. The Morgan fingerprint density at radius 2 is 1.67 bits per heavy atom. The molecule has 0 saturated heterocycles. The lowest BCUT2D eigenvalue weighted by molar-refractivity contribution is -0.137. The highest BCUT2D eigenvalue weighted by molar-refractivity contribution is 5.64. The van der Waals surface area contributed by atoms with E-state index in [0.717, 1.165) is 30.3 Å². The highest BCUT2D eigenvalue weighted by Gasteiger charge is 2.35. The number of aromatic hydroxyl groups is 2. The summed E-state index contributed by atoms with van der Waals surface area (Å²) in [5.74, 6) is -1.07. The van der Waals surface area contributed by atoms with Gasteiger partial charge >= 0.3 is 6.18 Å². The van der Waals surface area contributed by atoms with E-state index in [0.29, 0.717) is 4.57 Å². The van der Waals surface area contributed by atoms with E-state index in [-0.39, 0.29) is 11.3 Å². The number of nitrogens with zero attached hydrogens (tertiary/aromatic N) is 2. The zero-order valence-corrected chi connectivity index (χ0v) is 11.9. The molecule has 3 aromatic rings. The predicted octanol–water partition coefficient (Wildman–Crippen LogP) is 2.66. The van der Waals surface area contributed by atoms with Crippen molar-refractivity contribution in [3.63, 3.8) is 0 Å². The number of hydrogen-bond donors (Lipinski definition) is 3. The maximum atomic E-state index is 13.4. The molecular formula is C15H10F3N3O3. The van der Waals surface area contributed by atoms with Crippen LogP contribution in [0.5, 0.6) is 11.8 Å². The molecule has 24 heavy (non-hydrogen) atoms. The van der Waals surface area contributed by atoms with Gasteiger partial charge in [-0.15, -0.1) is 0 Å². The number of aromatic amines is 1. The van der Waals surface area contributed by atoms with E-state index in [4.69, 9.17) is 0 Å². The number of H-pyrrole nitrogens is 1. The van der Waals surface area contributed by atoms with Crippen LogP contribution in [0, 0.1) is 0 Å². The summed E-state index contributed by atoms with van der Waals surface area (Å²) in [5.41, 5.74) is -1.72. The van der Waals surface area contributed by atoms with Gasteiger partial charge in [0, 0.05) is 23.8 Å². The number of rotatable bonds is 2. The fraction of sp³-hybridized carbons (Fsp3) is 0.0667. The topological polar surface area (TPSA) is 91.1 Å². The second-order valence-electron chi connectivity index (χ2n) is 4.92. The Bertz CT molecular complexity index is 921. The van der Waals surface area contributed by atoms with Gasteiger partial charge in [-0.3, -0.25) is 9.36 Å². The number of nitrogens with one attached hydrogen (secondary N) is 1. The molecule has 2 aromatic heterocycles. The summed E-state index contributed by atoms with van der Waals surface area (Å²) in [6.07, 6.45) is -4.74. The van der Waals surface area contributed by atoms with Crippen molar-refractivity contribution >= 4 is 0 Å². The van der Waals surface area contributed by atoms with Crippen molar-refractivity contribution in [1.82, 2.24) is 14.8 Å². The Hall–Kier alpha value is -3.23. The van der Waals surface area contributed by atoms with Gasteiger partial charge in [0.2, 0.25) is 0 Å². The molecule has 3 rings (SSSR count). The summed E-state index contributed by atoms with van der Waals surface area (Å²) in [6, 6.07) is 7.86. The Labute approximate surface area is 132 Å². The summed E-state index contributed by atoms with van der Waals surface area (Å²) in [7, 11) is 0. The van der Waals surface area contributed by atoms with Crippen molar-refractivity contribution in [1.29, 1.82) is 0 Å². The number of hydrogen-bond acceptors (Lipinski definition) is 4. The van der Waals surface area contributed by atoms with Gasteiger partial charge in [0.1, 0.15) is 0 Å². The maximum absolute atomic E-state index is 13.4. The van der Waals surface area contributed by atoms with E-state index in [1.54, 1.807) is 0 Å². The molecule has 0 saturated carbocycles. The predicted molar refractivity (Wildman–Crippen MR) is 78.0 cm³/mol. The highest BCUT2D eigenvalue weighted by atomic mass is 19.4. The molecule has 0 aliphatic rings. The lowest BCUT2D eigenvalue weighted by Crippen LogP contribution is -2.11. The summed E-state index contributed by atoms with van der Waals surface area (Å²) < 4.78 is 40.9. The van der Waals surface area contributed by atoms with E-state index in [9.17, 15) is 28.2 Å². The van der Waals surface area contributed by atoms with Crippen molar-refractivity contribution in [3.05, 3.63) is 58.4 Å². The van der Waals surface area contributed by atoms with Crippen LogP contribution in [0.2, 0.25) is 0 Å². The average molecular weight is 337 g/mol. The minimum atomic E-state index is -4.74. The van der Waals surface area contributed by atoms with Crippen molar-refractivity contribution < 1.29 is 23.4 Å². The normalized spacial score (nSPS) is 11.6. The molecule has 6 nitrogen and oxygen atoms in total. The second kappa shape index (κ2) is 5.44. The van der Waals surface area contributed by atoms with Gasteiger partial charge in [0.25, 0.3) is 5.56 Å². The van der Waals surface area contributed by atoms with Crippen LogP contribution < -0.4 is 5.56 Å². The van der Waals surface area contributed by atoms with E-state index < -0.39 is 34.7 Å². The molecule has 0 aliphatic heterocycles. The first-order valence-electron chi connectivity index (χ1n) is 6.65. The van der Waals surface area contributed by atoms with Crippen molar-refractivity contribution in [2.24, 2.45) is 0 Å². The molecule has 0 spiro atoms. The second-order valence-corrected chi connectivity index (χ2v) is 4.92. The van der Waals surface area contributed by atoms with Crippen LogP contribution in [-0.4, -0.2) is 25.0 Å². The zero-order valence-electron chi connectivity index (χ0n) is 11.9. The molecule has 0 fully saturated rings. The van der Waals surface area contributed by atoms with Crippen LogP contribution in [0.25, 0.3) is 16.9 Å². The molecule has 1 aromatic carbocycles. The number of alkyl halides is 3. The van der Waals surface area contributed by atoms with Crippen molar-refractivity contribution in [2.45, 2.75) is 6.18 Å². The van der Waals surface area contributed by atoms with E-state index in [1.165, 1.54) is 12.1 Å². The zero-order chi connectivity index (χ0) is 17.5. The summed E-state index contributed by atoms with van der Waals surface area (Å²) in [4.78, 5) is 11.0. The molecule has 0 aliphatic carbocycles. The third-order valence-corrected chi connectivity index (χ3v) is 3.36. The molecule has 0 bridgehead atoms. The summed E-state index contributed by atoms with van der Waals surface area (Å²) >= 11 is 0. The maximum Gasteiger partial charge on any atom is 0.418 e. The van der Waals surface area contributed by atoms with Crippen LogP contribution in [0.15, 0.2) is 47.3 Å². The fourth-order valence-electron chi connectivity index (χ4n) is 2.28. The SMILES string of the molecule is O=c1ccc(-c2ccc(-n3c(O)ccc3O)c(C(F)(F)F)c2)n[nH]1. The fourth-order valence-corrected chi connectivity index (χ4v) is 2.28. The van der Waals surface area contributed by atoms with Crippen LogP contribution in [0.4, 0.5) is 13.2 Å². The van der Waals surface area contributed by atoms with E-state index >= 15 is 0 Å². The van der Waals surface area contributed by atoms with Crippen LogP contribution in [0.3, 0.4) is 0 Å². The van der Waals surface area contributed by atoms with Gasteiger partial charge < -0.3 is 10.2 Å². The third-order valence-electron chi connectivity index (χ3n) is 3.36. The third kappa shape index (κ3) is 2.71. The Kier molecular flexibility index (Phi) is 3.55. The van der Waals surface area contributed by atoms with Gasteiger partial charge in [0.05, 0.1) is 16.9 Å². The first-order valence-corrected chi connectivity index (χ1v) is 6.65. The lowest BCUT2D eigenvalue weighted by Gasteiger charge is -2.16. The minimum absolute atomic E-state index is 0.119. The first-order chi connectivity index (χ1) is 11.3. The van der Waals surface area contributed by atoms with E-state index in [1.807, 2.05) is 0 Å². The molecule has 2 heterocycles. The highest BCUT2D eigenvalue weighted by Crippen LogP contribution is 2.39. The standard InChI is InChI=1S/C15H10F3N3O3/c16-15(17,18)9-7-8(10-2-4-12(22)20-19-10)1-3-11(9)21-13(23)5-6-14(21)24/h1-7,23-24H,(H,20,22). The molecule has 0 radical (unpaired) electrons. The summed E-state index contributed by atoms with van der Waals surface area (Å²) in [5, 5.41) is 25.2. The number of halogens is 3. The molecule has 0 atom stereocenters. The number of aromatic nitrogens is 3. The minimum Gasteiger partial charge on any atom is -0.494 e. The molecule has 124 valence electrons. The van der Waals surface area contributed by atoms with Crippen LogP contribution in [0.1, 0.15) is 5.56 Å². The Morgan fingerprint density at radius 3 is 2.21 bits per heavy atom. The smallest absolute Gasteiger partial charge is 0.418 e. The van der Waals surface area contributed by atoms with Gasteiger partial charge in [-0.05, 0) is 18.2 Å². The Morgan fingerprint density at radius 1 is 1.00 bits per heavy atom. The number of benzene rings is 1. The first kappa shape index (κ1) is 15.7. The average Bonchev–Trinajstić information content (AvgIpc) is 2.86. The quantitative estimate of drug-likeness (QED) is 0.670. The van der Waals surface area contributed by atoms with Crippen molar-refractivity contribution in [2.75, 3.05) is 0 Å². The molecule has 3 N–H and O–H groups in total. The van der Waals surface area contributed by atoms with Crippen LogP contribution in [-0.2, 0) is 6.18 Å². The molecule has 0 amide bonds. The van der Waals surface area contributed by atoms with Gasteiger partial charge in [-0.1, -0.05) is 6.07 Å². The summed E-state index contributed by atoms with van der Waals surface area (Å²) in [6.45, 7) is 0. The van der Waals surface area contributed by atoms with Gasteiger partial charge in [0.15, 0.2) is 11.8 Å². The van der Waals surface area contributed by atoms with Gasteiger partial charge in [-0.25, -0.2) is 5.10 Å². The lowest BCUT2D eigenvalue weighted by atomic mass is 10.1. The van der Waals surface area contributed by atoms with Crippen molar-refractivity contribution in [3.8, 4) is 28.7 Å². The largest absolute Gasteiger partial charge is 0.494 e. The Balaban J connectivity index is 2.22. The molecule has 9 heteroatoms. The van der Waals surface area contributed by atoms with Gasteiger partial charge in [-0.2, -0.15) is 18.3 Å². The molecular weight excluding hydrogens is 327 g/mol. The van der Waals surface area contributed by atoms with Crippen LogP contribution >= 0.6 is 0 Å². The van der Waals surface area contributed by atoms with E-state index in [2.05, 4.69) is 10.2 Å².